The number of ketones is 1. The van der Waals surface area contributed by atoms with Crippen molar-refractivity contribution in [2.45, 2.75) is 13.0 Å². The van der Waals surface area contributed by atoms with Crippen LogP contribution in [0.4, 0.5) is 5.69 Å². The number of amides is 1. The number of nitrogens with zero attached hydrogens (tertiary/aromatic N) is 2. The second kappa shape index (κ2) is 9.37. The van der Waals surface area contributed by atoms with E-state index in [0.29, 0.717) is 22.0 Å². The van der Waals surface area contributed by atoms with Gasteiger partial charge in [-0.05, 0) is 42.3 Å². The number of aromatic nitrogens is 1. The third kappa shape index (κ3) is 3.97. The largest absolute Gasteiger partial charge is 0.507 e. The number of pyridine rings is 1. The van der Waals surface area contributed by atoms with Crippen molar-refractivity contribution in [3.8, 4) is 11.5 Å². The van der Waals surface area contributed by atoms with Crippen LogP contribution in [0.25, 0.3) is 5.76 Å². The van der Waals surface area contributed by atoms with Gasteiger partial charge in [-0.1, -0.05) is 35.3 Å². The van der Waals surface area contributed by atoms with Crippen LogP contribution in [0, 0.1) is 6.92 Å². The zero-order valence-electron chi connectivity index (χ0n) is 18.5. The van der Waals surface area contributed by atoms with E-state index in [2.05, 4.69) is 4.98 Å². The number of carbonyl (C=O) groups excluding carboxylic acids is 2. The summed E-state index contributed by atoms with van der Waals surface area (Å²) < 4.78 is 10.6. The summed E-state index contributed by atoms with van der Waals surface area (Å²) >= 11 is 12.6. The van der Waals surface area contributed by atoms with Gasteiger partial charge in [-0.3, -0.25) is 19.5 Å². The lowest BCUT2D eigenvalue weighted by molar-refractivity contribution is -0.132. The number of aryl methyl sites for hydroxylation is 1. The maximum absolute atomic E-state index is 13.3. The smallest absolute Gasteiger partial charge is 0.300 e. The Morgan fingerprint density at radius 3 is 2.38 bits per heavy atom. The number of aliphatic hydroxyl groups is 1. The fourth-order valence-electron chi connectivity index (χ4n) is 3.87. The third-order valence-corrected chi connectivity index (χ3v) is 6.31. The molecule has 1 aliphatic heterocycles. The molecule has 1 amide bonds. The van der Waals surface area contributed by atoms with Gasteiger partial charge in [0.25, 0.3) is 11.7 Å². The number of hydrogen-bond acceptors (Lipinski definition) is 6. The van der Waals surface area contributed by atoms with Gasteiger partial charge in [0.05, 0.1) is 36.4 Å². The highest BCUT2D eigenvalue weighted by Gasteiger charge is 2.47. The van der Waals surface area contributed by atoms with Crippen molar-refractivity contribution in [2.75, 3.05) is 19.1 Å². The summed E-state index contributed by atoms with van der Waals surface area (Å²) in [7, 11) is 2.85. The van der Waals surface area contributed by atoms with E-state index in [4.69, 9.17) is 32.7 Å². The molecule has 3 aromatic rings. The van der Waals surface area contributed by atoms with E-state index in [1.165, 1.54) is 37.4 Å². The van der Waals surface area contributed by atoms with E-state index >= 15 is 0 Å². The van der Waals surface area contributed by atoms with E-state index in [-0.39, 0.29) is 21.9 Å². The van der Waals surface area contributed by atoms with Crippen molar-refractivity contribution in [1.29, 1.82) is 0 Å². The summed E-state index contributed by atoms with van der Waals surface area (Å²) in [5.74, 6) is -1.57. The standard InChI is InChI=1S/C25H20Cl2N2O5/c1-13-6-7-15(9-17(13)26)29-22(14-5-4-8-28-12-14)21(24(31)25(29)32)23(30)16-10-18(27)20(34-3)11-19(16)33-2/h4-12,22,30H,1-3H3/b23-21+. The zero-order chi connectivity index (χ0) is 24.6. The Bertz CT molecular complexity index is 1320. The van der Waals surface area contributed by atoms with Crippen molar-refractivity contribution in [1.82, 2.24) is 4.98 Å². The normalized spacial score (nSPS) is 17.2. The van der Waals surface area contributed by atoms with E-state index < -0.39 is 23.5 Å². The van der Waals surface area contributed by atoms with Gasteiger partial charge < -0.3 is 14.6 Å². The molecule has 0 bridgehead atoms. The molecule has 0 aliphatic carbocycles. The average Bonchev–Trinajstić information content (AvgIpc) is 3.11. The van der Waals surface area contributed by atoms with Crippen LogP contribution in [0.5, 0.6) is 11.5 Å². The molecule has 1 aliphatic rings. The highest BCUT2D eigenvalue weighted by molar-refractivity contribution is 6.52. The minimum Gasteiger partial charge on any atom is -0.507 e. The molecule has 1 saturated heterocycles. The Balaban J connectivity index is 1.98. The van der Waals surface area contributed by atoms with Crippen LogP contribution in [0.2, 0.25) is 10.0 Å². The van der Waals surface area contributed by atoms with Gasteiger partial charge in [-0.2, -0.15) is 0 Å². The van der Waals surface area contributed by atoms with E-state index in [1.807, 2.05) is 6.92 Å². The molecule has 174 valence electrons. The summed E-state index contributed by atoms with van der Waals surface area (Å²) in [6.07, 6.45) is 3.11. The average molecular weight is 499 g/mol. The van der Waals surface area contributed by atoms with Crippen LogP contribution in [-0.2, 0) is 9.59 Å². The molecule has 1 atom stereocenters. The number of halogens is 2. The van der Waals surface area contributed by atoms with Gasteiger partial charge in [-0.25, -0.2) is 0 Å². The number of carbonyl (C=O) groups is 2. The molecule has 0 saturated carbocycles. The van der Waals surface area contributed by atoms with E-state index in [0.717, 1.165) is 5.56 Å². The number of benzene rings is 2. The second-order valence-electron chi connectivity index (χ2n) is 7.58. The highest BCUT2D eigenvalue weighted by atomic mass is 35.5. The third-order valence-electron chi connectivity index (χ3n) is 5.61. The van der Waals surface area contributed by atoms with Crippen LogP contribution >= 0.6 is 23.2 Å². The monoisotopic (exact) mass is 498 g/mol. The van der Waals surface area contributed by atoms with Crippen molar-refractivity contribution < 1.29 is 24.2 Å². The van der Waals surface area contributed by atoms with Gasteiger partial charge >= 0.3 is 0 Å². The molecule has 1 unspecified atom stereocenters. The van der Waals surface area contributed by atoms with Gasteiger partial charge in [0.1, 0.15) is 17.3 Å². The SMILES string of the molecule is COc1cc(OC)c(/C(O)=C2\C(=O)C(=O)N(c3ccc(C)c(Cl)c3)C2c2cccnc2)cc1Cl. The van der Waals surface area contributed by atoms with Crippen molar-refractivity contribution in [2.24, 2.45) is 0 Å². The number of Topliss-reactive ketones (excluding diaryl/α,β-unsaturated/α-hetero) is 1. The number of hydrogen-bond donors (Lipinski definition) is 1. The van der Waals surface area contributed by atoms with Gasteiger partial charge in [0.2, 0.25) is 0 Å². The first-order chi connectivity index (χ1) is 16.3. The van der Waals surface area contributed by atoms with Gasteiger partial charge in [0.15, 0.2) is 0 Å². The first-order valence-corrected chi connectivity index (χ1v) is 10.9. The zero-order valence-corrected chi connectivity index (χ0v) is 20.0. The van der Waals surface area contributed by atoms with Crippen molar-refractivity contribution >= 4 is 46.3 Å². The minimum atomic E-state index is -0.960. The molecule has 1 N–H and O–H groups in total. The Morgan fingerprint density at radius 2 is 1.76 bits per heavy atom. The molecular weight excluding hydrogens is 479 g/mol. The molecule has 4 rings (SSSR count). The van der Waals surface area contributed by atoms with Crippen LogP contribution < -0.4 is 14.4 Å². The molecule has 2 aromatic carbocycles. The molecule has 1 aromatic heterocycles. The first kappa shape index (κ1) is 23.6. The van der Waals surface area contributed by atoms with E-state index in [1.54, 1.807) is 36.5 Å². The highest BCUT2D eigenvalue weighted by Crippen LogP contribution is 2.45. The number of rotatable bonds is 5. The van der Waals surface area contributed by atoms with Crippen molar-refractivity contribution in [3.63, 3.8) is 0 Å². The minimum absolute atomic E-state index is 0.130. The quantitative estimate of drug-likeness (QED) is 0.290. The molecule has 1 fully saturated rings. The molecule has 0 radical (unpaired) electrons. The fraction of sp³-hybridized carbons (Fsp3) is 0.160. The lowest BCUT2D eigenvalue weighted by Gasteiger charge is -2.25. The lowest BCUT2D eigenvalue weighted by Crippen LogP contribution is -2.29. The van der Waals surface area contributed by atoms with Crippen LogP contribution in [-0.4, -0.2) is 36.0 Å². The fourth-order valence-corrected chi connectivity index (χ4v) is 4.29. The topological polar surface area (TPSA) is 89.0 Å². The molecule has 9 heteroatoms. The summed E-state index contributed by atoms with van der Waals surface area (Å²) in [6.45, 7) is 1.83. The summed E-state index contributed by atoms with van der Waals surface area (Å²) in [4.78, 5) is 32.0. The molecule has 0 spiro atoms. The number of anilines is 1. The Kier molecular flexibility index (Phi) is 6.50. The molecule has 34 heavy (non-hydrogen) atoms. The van der Waals surface area contributed by atoms with Gasteiger partial charge in [-0.15, -0.1) is 0 Å². The summed E-state index contributed by atoms with van der Waals surface area (Å²) in [5.41, 5.74) is 1.76. The Labute approximate surface area is 206 Å². The van der Waals surface area contributed by atoms with Gasteiger partial charge in [0, 0.05) is 29.2 Å². The Hall–Kier alpha value is -3.55. The predicted molar refractivity (Wildman–Crippen MR) is 130 cm³/mol. The van der Waals surface area contributed by atoms with E-state index in [9.17, 15) is 14.7 Å². The van der Waals surface area contributed by atoms with Crippen molar-refractivity contribution in [3.05, 3.63) is 87.2 Å². The summed E-state index contributed by atoms with van der Waals surface area (Å²) in [6, 6.07) is 10.4. The summed E-state index contributed by atoms with van der Waals surface area (Å²) in [5, 5.41) is 12.0. The molecule has 2 heterocycles. The molecular formula is C25H20Cl2N2O5. The Morgan fingerprint density at radius 1 is 1.03 bits per heavy atom. The second-order valence-corrected chi connectivity index (χ2v) is 8.39. The first-order valence-electron chi connectivity index (χ1n) is 10.2. The predicted octanol–water partition coefficient (Wildman–Crippen LogP) is 5.34. The van der Waals surface area contributed by atoms with Crippen LogP contribution in [0.1, 0.15) is 22.7 Å². The number of methoxy groups -OCH3 is 2. The number of ether oxygens (including phenoxy) is 2. The maximum atomic E-state index is 13.3. The maximum Gasteiger partial charge on any atom is 0.300 e. The lowest BCUT2D eigenvalue weighted by atomic mass is 9.95. The van der Waals surface area contributed by atoms with Crippen LogP contribution in [0.15, 0.2) is 60.4 Å². The van der Waals surface area contributed by atoms with Crippen LogP contribution in [0.3, 0.4) is 0 Å². The number of aliphatic hydroxyl groups excluding tert-OH is 1. The molecule has 7 nitrogen and oxygen atoms in total.